The number of ether oxygens (including phenoxy) is 6. The number of hydrogen-bond acceptors (Lipinski definition) is 12. The molecule has 2 aromatic heterocycles. The van der Waals surface area contributed by atoms with Crippen LogP contribution >= 0.6 is 0 Å². The first-order chi connectivity index (χ1) is 39.1. The predicted molar refractivity (Wildman–Crippen MR) is 317 cm³/mol. The van der Waals surface area contributed by atoms with Gasteiger partial charge in [0.05, 0.1) is 78.3 Å². The molecule has 2 heterocycles. The van der Waals surface area contributed by atoms with E-state index in [9.17, 15) is 14.7 Å². The van der Waals surface area contributed by atoms with Crippen LogP contribution in [0.2, 0.25) is 18.1 Å². The molecular weight excluding hydrogens is 1040 g/mol. The van der Waals surface area contributed by atoms with E-state index in [-0.39, 0.29) is 36.3 Å². The molecular formula is C66H72N4O10Si. The summed E-state index contributed by atoms with van der Waals surface area (Å²) >= 11 is 0. The lowest BCUT2D eigenvalue weighted by Crippen LogP contribution is -2.49. The standard InChI is InChI=1S/C66H72N4O10Si/c1-64(2,3)81(8,9)80-45-55(44-79-66(49-18-14-11-15-19-49,52-24-32-58(76-6)33-25-52)53-26-34-59(77-7)35-27-53)70-63(73)47-37-39-68-61(41-47)60-40-46(36-38-67-60)62(72)69-54(42-71)43-78-65(48-16-12-10-13-17-48,50-20-28-56(74-4)29-21-50)51-22-30-57(75-5)31-23-51/h10-41,54-55,71H,42-45H2,1-9H3,(H,69,72)(H,70,73). The lowest BCUT2D eigenvalue weighted by molar-refractivity contribution is -0.00746. The molecule has 0 radical (unpaired) electrons. The second kappa shape index (κ2) is 26.4. The van der Waals surface area contributed by atoms with Gasteiger partial charge in [-0.05, 0) is 124 Å². The molecule has 0 spiro atoms. The molecule has 0 aliphatic rings. The minimum Gasteiger partial charge on any atom is -0.497 e. The first kappa shape index (κ1) is 59.0. The Labute approximate surface area is 476 Å². The number of aliphatic hydroxyl groups is 1. The molecule has 2 atom stereocenters. The topological polar surface area (TPSA) is 169 Å². The number of carbonyl (C=O) groups excluding carboxylic acids is 2. The number of nitrogens with zero attached hydrogens (tertiary/aromatic N) is 2. The fourth-order valence-electron chi connectivity index (χ4n) is 9.36. The molecule has 0 aliphatic heterocycles. The van der Waals surface area contributed by atoms with Gasteiger partial charge < -0.3 is 48.6 Å². The average Bonchev–Trinajstić information content (AvgIpc) is 3.70. The molecule has 8 rings (SSSR count). The van der Waals surface area contributed by atoms with Crippen LogP contribution in [0.3, 0.4) is 0 Å². The molecule has 0 aliphatic carbocycles. The molecule has 14 nitrogen and oxygen atoms in total. The van der Waals surface area contributed by atoms with Gasteiger partial charge in [-0.3, -0.25) is 19.6 Å². The second-order valence-corrected chi connectivity index (χ2v) is 25.9. The quantitative estimate of drug-likeness (QED) is 0.0366. The Morgan fingerprint density at radius 3 is 1.11 bits per heavy atom. The summed E-state index contributed by atoms with van der Waals surface area (Å²) in [7, 11) is 4.14. The van der Waals surface area contributed by atoms with Gasteiger partial charge in [-0.25, -0.2) is 0 Å². The van der Waals surface area contributed by atoms with E-state index in [4.69, 9.17) is 32.8 Å². The van der Waals surface area contributed by atoms with Crippen molar-refractivity contribution in [3.05, 3.63) is 239 Å². The SMILES string of the molecule is COc1ccc(C(OCC(CO)NC(=O)c2ccnc(-c3cc(C(=O)NC(COC(c4ccccc4)(c4ccc(OC)cc4)c4ccc(OC)cc4)CO[Si](C)(C)C(C)(C)C)ccn3)c2)(c2ccccc2)c2ccc(OC)cc2)cc1. The normalized spacial score (nSPS) is 12.7. The van der Waals surface area contributed by atoms with Crippen LogP contribution in [0.4, 0.5) is 0 Å². The van der Waals surface area contributed by atoms with E-state index < -0.39 is 44.1 Å². The highest BCUT2D eigenvalue weighted by molar-refractivity contribution is 6.74. The molecule has 81 heavy (non-hydrogen) atoms. The maximum absolute atomic E-state index is 14.6. The number of carbonyl (C=O) groups is 2. The summed E-state index contributed by atoms with van der Waals surface area (Å²) in [6.45, 7) is 10.6. The average molecular weight is 1110 g/mol. The van der Waals surface area contributed by atoms with E-state index in [1.54, 1.807) is 52.7 Å². The Morgan fingerprint density at radius 1 is 0.469 bits per heavy atom. The third kappa shape index (κ3) is 13.5. The van der Waals surface area contributed by atoms with Crippen LogP contribution in [0, 0.1) is 0 Å². The zero-order valence-electron chi connectivity index (χ0n) is 47.5. The van der Waals surface area contributed by atoms with Crippen LogP contribution in [0.5, 0.6) is 23.0 Å². The van der Waals surface area contributed by atoms with Crippen LogP contribution in [0.15, 0.2) is 194 Å². The van der Waals surface area contributed by atoms with Crippen LogP contribution in [0.25, 0.3) is 11.4 Å². The minimum absolute atomic E-state index is 0.0417. The lowest BCUT2D eigenvalue weighted by atomic mass is 9.80. The molecule has 2 amide bonds. The van der Waals surface area contributed by atoms with Crippen LogP contribution in [-0.4, -0.2) is 102 Å². The molecule has 0 saturated carbocycles. The van der Waals surface area contributed by atoms with Crippen molar-refractivity contribution in [2.24, 2.45) is 0 Å². The highest BCUT2D eigenvalue weighted by Crippen LogP contribution is 2.44. The number of hydrogen-bond donors (Lipinski definition) is 3. The molecule has 0 fully saturated rings. The summed E-state index contributed by atoms with van der Waals surface area (Å²) in [5.41, 5.74) is 3.92. The fourth-order valence-corrected chi connectivity index (χ4v) is 10.4. The monoisotopic (exact) mass is 1110 g/mol. The van der Waals surface area contributed by atoms with E-state index in [2.05, 4.69) is 54.5 Å². The van der Waals surface area contributed by atoms with Crippen molar-refractivity contribution in [3.8, 4) is 34.4 Å². The summed E-state index contributed by atoms with van der Waals surface area (Å²) in [5.74, 6) is 1.87. The van der Waals surface area contributed by atoms with Gasteiger partial charge in [0.25, 0.3) is 11.8 Å². The second-order valence-electron chi connectivity index (χ2n) is 21.1. The third-order valence-corrected chi connectivity index (χ3v) is 19.5. The molecule has 0 saturated heterocycles. The first-order valence-corrected chi connectivity index (χ1v) is 29.7. The third-order valence-electron chi connectivity index (χ3n) is 15.0. The van der Waals surface area contributed by atoms with Gasteiger partial charge in [-0.2, -0.15) is 0 Å². The van der Waals surface area contributed by atoms with Crippen molar-refractivity contribution in [2.45, 2.75) is 62.2 Å². The highest BCUT2D eigenvalue weighted by Gasteiger charge is 2.42. The van der Waals surface area contributed by atoms with Crippen molar-refractivity contribution < 1.29 is 47.5 Å². The maximum atomic E-state index is 14.6. The Bertz CT molecular complexity index is 3210. The van der Waals surface area contributed by atoms with Crippen molar-refractivity contribution in [2.75, 3.05) is 54.9 Å². The molecule has 0 bridgehead atoms. The molecule has 8 aromatic rings. The number of aliphatic hydroxyl groups excluding tert-OH is 1. The Morgan fingerprint density at radius 2 is 0.790 bits per heavy atom. The first-order valence-electron chi connectivity index (χ1n) is 26.8. The predicted octanol–water partition coefficient (Wildman–Crippen LogP) is 11.4. The van der Waals surface area contributed by atoms with Gasteiger partial charge >= 0.3 is 0 Å². The van der Waals surface area contributed by atoms with Crippen molar-refractivity contribution in [3.63, 3.8) is 0 Å². The summed E-state index contributed by atoms with van der Waals surface area (Å²) < 4.78 is 43.3. The number of benzene rings is 6. The maximum Gasteiger partial charge on any atom is 0.251 e. The van der Waals surface area contributed by atoms with Gasteiger partial charge in [0.1, 0.15) is 34.2 Å². The molecule has 3 N–H and O–H groups in total. The Hall–Kier alpha value is -8.18. The van der Waals surface area contributed by atoms with E-state index in [0.29, 0.717) is 39.9 Å². The van der Waals surface area contributed by atoms with Crippen molar-refractivity contribution in [1.82, 2.24) is 20.6 Å². The van der Waals surface area contributed by atoms with E-state index in [0.717, 1.165) is 33.4 Å². The highest BCUT2D eigenvalue weighted by atomic mass is 28.4. The zero-order chi connectivity index (χ0) is 57.6. The number of aromatic nitrogens is 2. The number of rotatable bonds is 25. The summed E-state index contributed by atoms with van der Waals surface area (Å²) in [4.78, 5) is 38.0. The smallest absolute Gasteiger partial charge is 0.251 e. The van der Waals surface area contributed by atoms with Gasteiger partial charge in [0.15, 0.2) is 8.32 Å². The number of pyridine rings is 2. The lowest BCUT2D eigenvalue weighted by Gasteiger charge is -2.39. The van der Waals surface area contributed by atoms with Gasteiger partial charge in [-0.15, -0.1) is 0 Å². The molecule has 2 unspecified atom stereocenters. The van der Waals surface area contributed by atoms with E-state index >= 15 is 0 Å². The van der Waals surface area contributed by atoms with Gasteiger partial charge in [0.2, 0.25) is 0 Å². The van der Waals surface area contributed by atoms with Crippen LogP contribution in [0.1, 0.15) is 74.9 Å². The number of amides is 2. The van der Waals surface area contributed by atoms with Gasteiger partial charge in [0, 0.05) is 23.5 Å². The number of nitrogens with one attached hydrogen (secondary N) is 2. The van der Waals surface area contributed by atoms with Crippen molar-refractivity contribution in [1.29, 1.82) is 0 Å². The fraction of sp³-hybridized carbons (Fsp3) is 0.273. The van der Waals surface area contributed by atoms with Gasteiger partial charge in [-0.1, -0.05) is 130 Å². The summed E-state index contributed by atoms with van der Waals surface area (Å²) in [5, 5.41) is 16.9. The van der Waals surface area contributed by atoms with Crippen molar-refractivity contribution >= 4 is 20.1 Å². The Kier molecular flexibility index (Phi) is 19.2. The molecule has 420 valence electrons. The van der Waals surface area contributed by atoms with E-state index in [1.165, 1.54) is 12.4 Å². The zero-order valence-corrected chi connectivity index (χ0v) is 48.5. The minimum atomic E-state index is -2.34. The number of methoxy groups -OCH3 is 4. The molecule has 6 aromatic carbocycles. The largest absolute Gasteiger partial charge is 0.497 e. The Balaban J connectivity index is 1.05. The van der Waals surface area contributed by atoms with E-state index in [1.807, 2.05) is 158 Å². The van der Waals surface area contributed by atoms with Crippen LogP contribution in [-0.2, 0) is 25.1 Å². The summed E-state index contributed by atoms with van der Waals surface area (Å²) in [6.07, 6.45) is 3.04. The summed E-state index contributed by atoms with van der Waals surface area (Å²) in [6, 6.07) is 55.6. The van der Waals surface area contributed by atoms with Crippen LogP contribution < -0.4 is 29.6 Å². The molecule has 15 heteroatoms.